The van der Waals surface area contributed by atoms with Crippen LogP contribution < -0.4 is 4.74 Å². The Morgan fingerprint density at radius 3 is 1.91 bits per heavy atom. The minimum absolute atomic E-state index is 0.0736. The van der Waals surface area contributed by atoms with Crippen LogP contribution in [0.5, 0.6) is 5.75 Å². The Morgan fingerprint density at radius 1 is 0.783 bits per heavy atom. The Hall–Kier alpha value is -2.87. The van der Waals surface area contributed by atoms with Gasteiger partial charge < -0.3 is 4.74 Å². The number of benzene rings is 3. The fraction of sp³-hybridized carbons (Fsp3) is 0.0952. The average Bonchev–Trinajstić information content (AvgIpc) is 2.94. The highest BCUT2D eigenvalue weighted by molar-refractivity contribution is 5.83. The van der Waals surface area contributed by atoms with Crippen molar-refractivity contribution in [3.05, 3.63) is 89.5 Å². The lowest BCUT2D eigenvalue weighted by Gasteiger charge is -2.08. The molecule has 0 saturated heterocycles. The van der Waals surface area contributed by atoms with Gasteiger partial charge in [-0.1, -0.05) is 48.5 Å². The number of hydrogen-bond acceptors (Lipinski definition) is 2. The maximum absolute atomic E-state index is 5.20. The summed E-state index contributed by atoms with van der Waals surface area (Å²) in [7, 11) is 1.68. The van der Waals surface area contributed by atoms with E-state index in [2.05, 4.69) is 48.5 Å². The molecule has 0 unspecified atom stereocenters. The highest BCUT2D eigenvalue weighted by atomic mass is 16.5. The topological polar surface area (TPSA) is 21.6 Å². The van der Waals surface area contributed by atoms with Crippen molar-refractivity contribution in [2.24, 2.45) is 4.99 Å². The van der Waals surface area contributed by atoms with Crippen LogP contribution in [0.2, 0.25) is 0 Å². The molecular weight excluding hydrogens is 282 g/mol. The maximum atomic E-state index is 5.20. The number of ether oxygens (including phenoxy) is 1. The van der Waals surface area contributed by atoms with Crippen molar-refractivity contribution in [3.63, 3.8) is 0 Å². The van der Waals surface area contributed by atoms with E-state index in [0.29, 0.717) is 0 Å². The Morgan fingerprint density at radius 2 is 1.35 bits per heavy atom. The van der Waals surface area contributed by atoms with Gasteiger partial charge in [0.1, 0.15) is 11.8 Å². The molecule has 0 fully saturated rings. The third-order valence-electron chi connectivity index (χ3n) is 4.29. The van der Waals surface area contributed by atoms with E-state index >= 15 is 0 Å². The SMILES string of the molecule is COc1ccc(C=NC2c3ccccc3-c3ccccc32)cc1. The first kappa shape index (κ1) is 13.8. The summed E-state index contributed by atoms with van der Waals surface area (Å²) in [5.74, 6) is 0.860. The van der Waals surface area contributed by atoms with Crippen molar-refractivity contribution in [1.82, 2.24) is 0 Å². The molecule has 2 heteroatoms. The summed E-state index contributed by atoms with van der Waals surface area (Å²) in [6.07, 6.45) is 1.95. The summed E-state index contributed by atoms with van der Waals surface area (Å²) in [6.45, 7) is 0. The van der Waals surface area contributed by atoms with Crippen LogP contribution >= 0.6 is 0 Å². The molecule has 0 amide bonds. The van der Waals surface area contributed by atoms with Crippen molar-refractivity contribution in [3.8, 4) is 16.9 Å². The molecule has 23 heavy (non-hydrogen) atoms. The van der Waals surface area contributed by atoms with E-state index in [-0.39, 0.29) is 6.04 Å². The van der Waals surface area contributed by atoms with Gasteiger partial charge in [0, 0.05) is 6.21 Å². The van der Waals surface area contributed by atoms with Crippen LogP contribution in [0.15, 0.2) is 77.8 Å². The van der Waals surface area contributed by atoms with E-state index in [0.717, 1.165) is 11.3 Å². The Balaban J connectivity index is 1.72. The lowest BCUT2D eigenvalue weighted by Crippen LogP contribution is -1.94. The highest BCUT2D eigenvalue weighted by Gasteiger charge is 2.26. The van der Waals surface area contributed by atoms with Gasteiger partial charge in [-0.15, -0.1) is 0 Å². The molecule has 0 aliphatic heterocycles. The summed E-state index contributed by atoms with van der Waals surface area (Å²) in [5.41, 5.74) is 6.21. The van der Waals surface area contributed by atoms with Gasteiger partial charge in [0.15, 0.2) is 0 Å². The predicted octanol–water partition coefficient (Wildman–Crippen LogP) is 4.88. The third kappa shape index (κ3) is 2.42. The largest absolute Gasteiger partial charge is 0.497 e. The van der Waals surface area contributed by atoms with Crippen molar-refractivity contribution < 1.29 is 4.74 Å². The highest BCUT2D eigenvalue weighted by Crippen LogP contribution is 2.44. The Labute approximate surface area is 136 Å². The second-order valence-corrected chi connectivity index (χ2v) is 5.63. The molecule has 0 atom stereocenters. The molecule has 0 aromatic heterocycles. The number of methoxy groups -OCH3 is 1. The van der Waals surface area contributed by atoms with Gasteiger partial charge in [0.25, 0.3) is 0 Å². The van der Waals surface area contributed by atoms with Crippen LogP contribution in [0.1, 0.15) is 22.7 Å². The number of rotatable bonds is 3. The van der Waals surface area contributed by atoms with Gasteiger partial charge in [0.2, 0.25) is 0 Å². The van der Waals surface area contributed by atoms with Gasteiger partial charge in [0.05, 0.1) is 7.11 Å². The summed E-state index contributed by atoms with van der Waals surface area (Å²) >= 11 is 0. The van der Waals surface area contributed by atoms with Crippen LogP contribution in [0.4, 0.5) is 0 Å². The summed E-state index contributed by atoms with van der Waals surface area (Å²) < 4.78 is 5.20. The Kier molecular flexibility index (Phi) is 3.43. The monoisotopic (exact) mass is 299 g/mol. The van der Waals surface area contributed by atoms with Crippen LogP contribution in [0.3, 0.4) is 0 Å². The van der Waals surface area contributed by atoms with Crippen LogP contribution in [-0.4, -0.2) is 13.3 Å². The van der Waals surface area contributed by atoms with Gasteiger partial charge in [-0.2, -0.15) is 0 Å². The molecule has 0 heterocycles. The van der Waals surface area contributed by atoms with Crippen molar-refractivity contribution in [2.75, 3.05) is 7.11 Å². The molecule has 112 valence electrons. The quantitative estimate of drug-likeness (QED) is 0.631. The van der Waals surface area contributed by atoms with E-state index in [1.165, 1.54) is 22.3 Å². The van der Waals surface area contributed by atoms with Crippen molar-refractivity contribution in [2.45, 2.75) is 6.04 Å². The molecule has 0 spiro atoms. The number of nitrogens with zero attached hydrogens (tertiary/aromatic N) is 1. The van der Waals surface area contributed by atoms with E-state index in [9.17, 15) is 0 Å². The Bertz CT molecular complexity index is 820. The van der Waals surface area contributed by atoms with E-state index in [1.807, 2.05) is 30.5 Å². The van der Waals surface area contributed by atoms with Crippen molar-refractivity contribution >= 4 is 6.21 Å². The molecule has 0 saturated carbocycles. The van der Waals surface area contributed by atoms with Crippen LogP contribution in [-0.2, 0) is 0 Å². The molecule has 2 nitrogen and oxygen atoms in total. The maximum Gasteiger partial charge on any atom is 0.118 e. The van der Waals surface area contributed by atoms with Crippen molar-refractivity contribution in [1.29, 1.82) is 0 Å². The lowest BCUT2D eigenvalue weighted by atomic mass is 10.1. The standard InChI is InChI=1S/C21H17NO/c1-23-16-12-10-15(11-13-16)14-22-21-19-8-4-2-6-17(19)18-7-3-5-9-20(18)21/h2-14,21H,1H3. The molecular formula is C21H17NO. The first-order valence-corrected chi connectivity index (χ1v) is 7.72. The van der Waals surface area contributed by atoms with Gasteiger partial charge in [-0.25, -0.2) is 0 Å². The molecule has 1 aliphatic carbocycles. The molecule has 0 radical (unpaired) electrons. The molecule has 1 aliphatic rings. The zero-order chi connectivity index (χ0) is 15.6. The molecule has 0 N–H and O–H groups in total. The molecule has 4 rings (SSSR count). The lowest BCUT2D eigenvalue weighted by molar-refractivity contribution is 0.415. The number of hydrogen-bond donors (Lipinski definition) is 0. The van der Waals surface area contributed by atoms with Gasteiger partial charge in [-0.05, 0) is 52.1 Å². The predicted molar refractivity (Wildman–Crippen MR) is 94.3 cm³/mol. The number of aliphatic imine (C=N–C) groups is 1. The van der Waals surface area contributed by atoms with E-state index < -0.39 is 0 Å². The summed E-state index contributed by atoms with van der Waals surface area (Å²) in [6, 6.07) is 25.1. The zero-order valence-corrected chi connectivity index (χ0v) is 12.9. The first-order valence-electron chi connectivity index (χ1n) is 7.72. The average molecular weight is 299 g/mol. The van der Waals surface area contributed by atoms with Crippen LogP contribution in [0, 0.1) is 0 Å². The molecule has 3 aromatic carbocycles. The fourth-order valence-electron chi connectivity index (χ4n) is 3.14. The summed E-state index contributed by atoms with van der Waals surface area (Å²) in [4.78, 5) is 4.87. The minimum Gasteiger partial charge on any atom is -0.497 e. The van der Waals surface area contributed by atoms with Gasteiger partial charge >= 0.3 is 0 Å². The summed E-state index contributed by atoms with van der Waals surface area (Å²) in [5, 5.41) is 0. The molecule has 3 aromatic rings. The third-order valence-corrected chi connectivity index (χ3v) is 4.29. The second-order valence-electron chi connectivity index (χ2n) is 5.63. The smallest absolute Gasteiger partial charge is 0.118 e. The minimum atomic E-state index is 0.0736. The number of fused-ring (bicyclic) bond motifs is 3. The zero-order valence-electron chi connectivity index (χ0n) is 12.9. The normalized spacial score (nSPS) is 13.1. The first-order chi connectivity index (χ1) is 11.4. The van der Waals surface area contributed by atoms with Crippen LogP contribution in [0.25, 0.3) is 11.1 Å². The fourth-order valence-corrected chi connectivity index (χ4v) is 3.14. The van der Waals surface area contributed by atoms with Gasteiger partial charge in [-0.3, -0.25) is 4.99 Å². The van der Waals surface area contributed by atoms with E-state index in [1.54, 1.807) is 7.11 Å². The van der Waals surface area contributed by atoms with E-state index in [4.69, 9.17) is 9.73 Å². The molecule has 0 bridgehead atoms. The second kappa shape index (κ2) is 5.73.